The lowest BCUT2D eigenvalue weighted by Gasteiger charge is -2.12. The maximum atomic E-state index is 12.8. The van der Waals surface area contributed by atoms with Gasteiger partial charge in [-0.15, -0.1) is 0 Å². The van der Waals surface area contributed by atoms with Gasteiger partial charge in [0.05, 0.1) is 22.0 Å². The van der Waals surface area contributed by atoms with Crippen LogP contribution in [0, 0.1) is 0 Å². The quantitative estimate of drug-likeness (QED) is 0.791. The van der Waals surface area contributed by atoms with E-state index in [0.29, 0.717) is 5.69 Å². The predicted octanol–water partition coefficient (Wildman–Crippen LogP) is 3.81. The minimum absolute atomic E-state index is 0.0570. The zero-order valence-electron chi connectivity index (χ0n) is 13.4. The third kappa shape index (κ3) is 5.37. The van der Waals surface area contributed by atoms with E-state index in [1.54, 1.807) is 6.07 Å². The van der Waals surface area contributed by atoms with Gasteiger partial charge in [0, 0.05) is 17.6 Å². The van der Waals surface area contributed by atoms with E-state index in [2.05, 4.69) is 10.6 Å². The number of carbonyl (C=O) groups excluding carboxylic acids is 1. The summed E-state index contributed by atoms with van der Waals surface area (Å²) in [5.41, 5.74) is -0.723. The van der Waals surface area contributed by atoms with Gasteiger partial charge in [0.1, 0.15) is 0 Å². The number of nitrogens with one attached hydrogen (secondary N) is 2. The molecule has 0 saturated carbocycles. The SMILES string of the molecule is CS(=O)(=O)c1cccc(NCC(=O)Nc2ccc(Cl)c(C(F)(F)F)c2)c1. The molecule has 0 bridgehead atoms. The first-order chi connectivity index (χ1) is 12.0. The zero-order valence-corrected chi connectivity index (χ0v) is 15.0. The zero-order chi connectivity index (χ0) is 19.5. The fraction of sp³-hybridized carbons (Fsp3) is 0.188. The van der Waals surface area contributed by atoms with Crippen LogP contribution in [0.15, 0.2) is 47.4 Å². The molecule has 5 nitrogen and oxygen atoms in total. The highest BCUT2D eigenvalue weighted by molar-refractivity contribution is 7.90. The summed E-state index contributed by atoms with van der Waals surface area (Å²) in [6.07, 6.45) is -3.58. The molecule has 0 aromatic heterocycles. The summed E-state index contributed by atoms with van der Waals surface area (Å²) in [5, 5.41) is 4.56. The van der Waals surface area contributed by atoms with Crippen LogP contribution in [0.1, 0.15) is 5.56 Å². The van der Waals surface area contributed by atoms with Gasteiger partial charge in [0.25, 0.3) is 0 Å². The van der Waals surface area contributed by atoms with E-state index < -0.39 is 32.5 Å². The maximum Gasteiger partial charge on any atom is 0.417 e. The van der Waals surface area contributed by atoms with Gasteiger partial charge in [-0.1, -0.05) is 17.7 Å². The summed E-state index contributed by atoms with van der Waals surface area (Å²) in [6.45, 7) is -0.267. The van der Waals surface area contributed by atoms with Crippen LogP contribution in [0.5, 0.6) is 0 Å². The maximum absolute atomic E-state index is 12.8. The van der Waals surface area contributed by atoms with Crippen LogP contribution in [0.3, 0.4) is 0 Å². The number of alkyl halides is 3. The molecule has 0 radical (unpaired) electrons. The molecule has 140 valence electrons. The highest BCUT2D eigenvalue weighted by atomic mass is 35.5. The Kier molecular flexibility index (Phi) is 5.82. The highest BCUT2D eigenvalue weighted by Crippen LogP contribution is 2.36. The molecule has 0 aliphatic carbocycles. The molecule has 26 heavy (non-hydrogen) atoms. The second-order valence-corrected chi connectivity index (χ2v) is 7.82. The average molecular weight is 407 g/mol. The molecule has 10 heteroatoms. The molecule has 0 aliphatic heterocycles. The second kappa shape index (κ2) is 7.55. The summed E-state index contributed by atoms with van der Waals surface area (Å²) in [4.78, 5) is 12.0. The number of rotatable bonds is 5. The molecule has 2 N–H and O–H groups in total. The molecule has 1 amide bonds. The largest absolute Gasteiger partial charge is 0.417 e. The topological polar surface area (TPSA) is 75.3 Å². The number of hydrogen-bond acceptors (Lipinski definition) is 4. The van der Waals surface area contributed by atoms with E-state index in [4.69, 9.17) is 11.6 Å². The number of anilines is 2. The lowest BCUT2D eigenvalue weighted by atomic mass is 10.2. The smallest absolute Gasteiger partial charge is 0.376 e. The first-order valence-corrected chi connectivity index (χ1v) is 9.44. The third-order valence-electron chi connectivity index (χ3n) is 3.27. The monoisotopic (exact) mass is 406 g/mol. The van der Waals surface area contributed by atoms with Crippen LogP contribution in [0.4, 0.5) is 24.5 Å². The van der Waals surface area contributed by atoms with Crippen molar-refractivity contribution in [3.8, 4) is 0 Å². The fourth-order valence-electron chi connectivity index (χ4n) is 2.04. The lowest BCUT2D eigenvalue weighted by Crippen LogP contribution is -2.22. The molecular weight excluding hydrogens is 393 g/mol. The Bertz CT molecular complexity index is 931. The van der Waals surface area contributed by atoms with Gasteiger partial charge < -0.3 is 10.6 Å². The van der Waals surface area contributed by atoms with Gasteiger partial charge in [-0.05, 0) is 36.4 Å². The van der Waals surface area contributed by atoms with Gasteiger partial charge in [-0.3, -0.25) is 4.79 Å². The van der Waals surface area contributed by atoms with Gasteiger partial charge in [0.15, 0.2) is 9.84 Å². The van der Waals surface area contributed by atoms with Crippen LogP contribution in [-0.2, 0) is 20.8 Å². The Labute approximate surface area is 153 Å². The van der Waals surface area contributed by atoms with E-state index >= 15 is 0 Å². The van der Waals surface area contributed by atoms with Crippen LogP contribution < -0.4 is 10.6 Å². The molecule has 0 unspecified atom stereocenters. The second-order valence-electron chi connectivity index (χ2n) is 5.39. The van der Waals surface area contributed by atoms with Gasteiger partial charge >= 0.3 is 6.18 Å². The standard InChI is InChI=1S/C16H14ClF3N2O3S/c1-26(24,25)12-4-2-3-10(7-12)21-9-15(23)22-11-5-6-14(17)13(8-11)16(18,19)20/h2-8,21H,9H2,1H3,(H,22,23). The molecule has 0 spiro atoms. The Hall–Kier alpha value is -2.26. The average Bonchev–Trinajstić information content (AvgIpc) is 2.53. The first-order valence-electron chi connectivity index (χ1n) is 7.17. The van der Waals surface area contributed by atoms with Gasteiger partial charge in [-0.25, -0.2) is 8.42 Å². The Morgan fingerprint density at radius 1 is 1.12 bits per heavy atom. The Morgan fingerprint density at radius 3 is 2.42 bits per heavy atom. The summed E-state index contributed by atoms with van der Waals surface area (Å²) in [7, 11) is -3.39. The Morgan fingerprint density at radius 2 is 1.81 bits per heavy atom. The Balaban J connectivity index is 2.04. The van der Waals surface area contributed by atoms with E-state index in [-0.39, 0.29) is 17.1 Å². The van der Waals surface area contributed by atoms with Crippen molar-refractivity contribution in [2.45, 2.75) is 11.1 Å². The molecule has 0 fully saturated rings. The van der Waals surface area contributed by atoms with Crippen molar-refractivity contribution in [2.75, 3.05) is 23.4 Å². The van der Waals surface area contributed by atoms with E-state index in [0.717, 1.165) is 18.4 Å². The number of carbonyl (C=O) groups is 1. The van der Waals surface area contributed by atoms with E-state index in [9.17, 15) is 26.4 Å². The number of halogens is 4. The third-order valence-corrected chi connectivity index (χ3v) is 4.71. The summed E-state index contributed by atoms with van der Waals surface area (Å²) < 4.78 is 61.4. The lowest BCUT2D eigenvalue weighted by molar-refractivity contribution is -0.137. The molecule has 2 aromatic rings. The van der Waals surface area contributed by atoms with Crippen LogP contribution >= 0.6 is 11.6 Å². The van der Waals surface area contributed by atoms with Crippen LogP contribution in [0.2, 0.25) is 5.02 Å². The number of amides is 1. The minimum Gasteiger partial charge on any atom is -0.376 e. The van der Waals surface area contributed by atoms with Crippen molar-refractivity contribution in [3.63, 3.8) is 0 Å². The van der Waals surface area contributed by atoms with Crippen molar-refractivity contribution >= 4 is 38.7 Å². The first kappa shape index (κ1) is 20.1. The molecule has 0 aliphatic rings. The summed E-state index contributed by atoms with van der Waals surface area (Å²) >= 11 is 5.52. The predicted molar refractivity (Wildman–Crippen MR) is 93.1 cm³/mol. The molecule has 2 aromatic carbocycles. The summed E-state index contributed by atoms with van der Waals surface area (Å²) in [6, 6.07) is 8.87. The van der Waals surface area contributed by atoms with Crippen molar-refractivity contribution in [3.05, 3.63) is 53.1 Å². The minimum atomic E-state index is -4.64. The molecule has 0 heterocycles. The van der Waals surface area contributed by atoms with Gasteiger partial charge in [-0.2, -0.15) is 13.2 Å². The van der Waals surface area contributed by atoms with E-state index in [1.807, 2.05) is 0 Å². The normalized spacial score (nSPS) is 11.9. The van der Waals surface area contributed by atoms with Crippen molar-refractivity contribution in [1.82, 2.24) is 0 Å². The molecule has 2 rings (SSSR count). The van der Waals surface area contributed by atoms with Gasteiger partial charge in [0.2, 0.25) is 5.91 Å². The highest BCUT2D eigenvalue weighted by Gasteiger charge is 2.33. The van der Waals surface area contributed by atoms with Crippen LogP contribution in [0.25, 0.3) is 0 Å². The van der Waals surface area contributed by atoms with Crippen molar-refractivity contribution in [1.29, 1.82) is 0 Å². The fourth-order valence-corrected chi connectivity index (χ4v) is 2.94. The molecule has 0 atom stereocenters. The van der Waals surface area contributed by atoms with Crippen molar-refractivity contribution < 1.29 is 26.4 Å². The number of benzene rings is 2. The number of sulfone groups is 1. The number of hydrogen-bond donors (Lipinski definition) is 2. The molecule has 0 saturated heterocycles. The van der Waals surface area contributed by atoms with Crippen molar-refractivity contribution in [2.24, 2.45) is 0 Å². The van der Waals surface area contributed by atoms with E-state index in [1.165, 1.54) is 24.3 Å². The van der Waals surface area contributed by atoms with Crippen LogP contribution in [-0.4, -0.2) is 27.1 Å². The molecular formula is C16H14ClF3N2O3S. The summed E-state index contributed by atoms with van der Waals surface area (Å²) in [5.74, 6) is -0.606.